The van der Waals surface area contributed by atoms with Gasteiger partial charge in [-0.15, -0.1) is 10.2 Å². The van der Waals surface area contributed by atoms with Crippen LogP contribution in [-0.4, -0.2) is 30.5 Å². The van der Waals surface area contributed by atoms with Crippen LogP contribution in [0.5, 0.6) is 17.4 Å². The van der Waals surface area contributed by atoms with Crippen LogP contribution < -0.4 is 9.47 Å². The maximum absolute atomic E-state index is 12.4. The van der Waals surface area contributed by atoms with Gasteiger partial charge in [-0.25, -0.2) is 0 Å². The third-order valence-electron chi connectivity index (χ3n) is 2.51. The quantitative estimate of drug-likeness (QED) is 0.766. The molecule has 0 bridgehead atoms. The molecule has 5 nitrogen and oxygen atoms in total. The molecule has 0 fully saturated rings. The fourth-order valence-corrected chi connectivity index (χ4v) is 1.52. The van der Waals surface area contributed by atoms with Gasteiger partial charge in [-0.05, 0) is 18.2 Å². The van der Waals surface area contributed by atoms with E-state index in [2.05, 4.69) is 10.2 Å². The van der Waals surface area contributed by atoms with Crippen LogP contribution in [0.25, 0.3) is 0 Å². The summed E-state index contributed by atoms with van der Waals surface area (Å²) in [4.78, 5) is 0. The van der Waals surface area contributed by atoms with E-state index in [-0.39, 0.29) is 5.88 Å². The van der Waals surface area contributed by atoms with Gasteiger partial charge in [-0.3, -0.25) is 0 Å². The first kappa shape index (κ1) is 16.0. The molecule has 0 saturated carbocycles. The lowest BCUT2D eigenvalue weighted by molar-refractivity contribution is -0.141. The molecule has 0 radical (unpaired) electrons. The first-order valence-corrected chi connectivity index (χ1v) is 6.29. The molecule has 0 aliphatic carbocycles. The van der Waals surface area contributed by atoms with Gasteiger partial charge in [0, 0.05) is 19.2 Å². The molecule has 0 atom stereocenters. The Morgan fingerprint density at radius 3 is 2.41 bits per heavy atom. The lowest BCUT2D eigenvalue weighted by Gasteiger charge is -2.09. The van der Waals surface area contributed by atoms with Gasteiger partial charge in [0.2, 0.25) is 5.88 Å². The third kappa shape index (κ3) is 4.59. The Bertz CT molecular complexity index is 603. The average molecular weight is 314 g/mol. The van der Waals surface area contributed by atoms with E-state index in [1.54, 1.807) is 31.4 Å². The molecule has 1 aromatic carbocycles. The number of nitrogens with zero attached hydrogens (tertiary/aromatic N) is 2. The molecule has 0 aliphatic heterocycles. The second kappa shape index (κ2) is 7.08. The van der Waals surface area contributed by atoms with E-state index in [1.807, 2.05) is 0 Å². The highest BCUT2D eigenvalue weighted by Crippen LogP contribution is 2.28. The van der Waals surface area contributed by atoms with Gasteiger partial charge in [0.15, 0.2) is 5.69 Å². The molecule has 2 rings (SSSR count). The highest BCUT2D eigenvalue weighted by Gasteiger charge is 2.32. The normalized spacial score (nSPS) is 11.3. The molecule has 8 heteroatoms. The van der Waals surface area contributed by atoms with Crippen LogP contribution in [0, 0.1) is 0 Å². The van der Waals surface area contributed by atoms with E-state index in [0.717, 1.165) is 12.1 Å². The average Bonchev–Trinajstić information content (AvgIpc) is 2.48. The lowest BCUT2D eigenvalue weighted by Crippen LogP contribution is -2.08. The number of benzene rings is 1. The van der Waals surface area contributed by atoms with Gasteiger partial charge in [-0.2, -0.15) is 13.2 Å². The van der Waals surface area contributed by atoms with E-state index < -0.39 is 11.9 Å². The summed E-state index contributed by atoms with van der Waals surface area (Å²) in [6, 6.07) is 8.54. The van der Waals surface area contributed by atoms with Crippen molar-refractivity contribution in [3.8, 4) is 17.4 Å². The summed E-state index contributed by atoms with van der Waals surface area (Å²) in [5.41, 5.74) is -1.07. The maximum atomic E-state index is 12.4. The first-order chi connectivity index (χ1) is 10.5. The van der Waals surface area contributed by atoms with Crippen LogP contribution in [-0.2, 0) is 10.9 Å². The molecule has 118 valence electrons. The molecular weight excluding hydrogens is 301 g/mol. The predicted octanol–water partition coefficient (Wildman–Crippen LogP) is 3.31. The second-order valence-corrected chi connectivity index (χ2v) is 4.17. The van der Waals surface area contributed by atoms with E-state index >= 15 is 0 Å². The van der Waals surface area contributed by atoms with Crippen LogP contribution in [0.1, 0.15) is 5.69 Å². The molecule has 2 aromatic rings. The third-order valence-corrected chi connectivity index (χ3v) is 2.51. The molecule has 0 amide bonds. The molecular formula is C14H13F3N2O3. The zero-order valence-electron chi connectivity index (χ0n) is 11.6. The first-order valence-electron chi connectivity index (χ1n) is 6.29. The Balaban J connectivity index is 2.02. The number of methoxy groups -OCH3 is 1. The zero-order valence-corrected chi connectivity index (χ0v) is 11.6. The van der Waals surface area contributed by atoms with Crippen molar-refractivity contribution >= 4 is 0 Å². The Labute approximate surface area is 124 Å². The van der Waals surface area contributed by atoms with Crippen molar-refractivity contribution < 1.29 is 27.4 Å². The smallest absolute Gasteiger partial charge is 0.435 e. The highest BCUT2D eigenvalue weighted by atomic mass is 19.4. The van der Waals surface area contributed by atoms with E-state index in [1.165, 1.54) is 0 Å². The van der Waals surface area contributed by atoms with Crippen molar-refractivity contribution in [1.82, 2.24) is 10.2 Å². The van der Waals surface area contributed by atoms with Crippen LogP contribution in [0.3, 0.4) is 0 Å². The Kier molecular flexibility index (Phi) is 5.16. The summed E-state index contributed by atoms with van der Waals surface area (Å²) in [5.74, 6) is 0.889. The van der Waals surface area contributed by atoms with Crippen LogP contribution in [0.4, 0.5) is 13.2 Å². The number of hydrogen-bond donors (Lipinski definition) is 0. The number of alkyl halides is 3. The molecule has 0 unspecified atom stereocenters. The molecule has 0 saturated heterocycles. The molecule has 0 aliphatic rings. The lowest BCUT2D eigenvalue weighted by atomic mass is 10.3. The van der Waals surface area contributed by atoms with Crippen molar-refractivity contribution in [1.29, 1.82) is 0 Å². The van der Waals surface area contributed by atoms with Crippen molar-refractivity contribution in [2.24, 2.45) is 0 Å². The number of aromatic nitrogens is 2. The molecule has 1 aromatic heterocycles. The topological polar surface area (TPSA) is 53.5 Å². The predicted molar refractivity (Wildman–Crippen MR) is 70.9 cm³/mol. The summed E-state index contributed by atoms with van der Waals surface area (Å²) in [6.07, 6.45) is -4.53. The van der Waals surface area contributed by atoms with Gasteiger partial charge in [-0.1, -0.05) is 6.07 Å². The van der Waals surface area contributed by atoms with Gasteiger partial charge < -0.3 is 14.2 Å². The minimum Gasteiger partial charge on any atom is -0.491 e. The van der Waals surface area contributed by atoms with Crippen LogP contribution in [0.15, 0.2) is 36.4 Å². The number of halogens is 3. The van der Waals surface area contributed by atoms with E-state index in [9.17, 15) is 13.2 Å². The van der Waals surface area contributed by atoms with Crippen molar-refractivity contribution in [3.05, 3.63) is 42.1 Å². The standard InChI is InChI=1S/C14H13F3N2O3/c1-20-7-8-21-10-3-2-4-11(9-10)22-13-6-5-12(18-19-13)14(15,16)17/h2-6,9H,7-8H2,1H3. The molecule has 22 heavy (non-hydrogen) atoms. The zero-order chi connectivity index (χ0) is 16.0. The molecule has 0 N–H and O–H groups in total. The van der Waals surface area contributed by atoms with Crippen LogP contribution in [0.2, 0.25) is 0 Å². The fourth-order valence-electron chi connectivity index (χ4n) is 1.52. The van der Waals surface area contributed by atoms with Gasteiger partial charge >= 0.3 is 6.18 Å². The molecule has 1 heterocycles. The monoisotopic (exact) mass is 314 g/mol. The largest absolute Gasteiger partial charge is 0.491 e. The van der Waals surface area contributed by atoms with Gasteiger partial charge in [0.25, 0.3) is 0 Å². The van der Waals surface area contributed by atoms with Crippen molar-refractivity contribution in [3.63, 3.8) is 0 Å². The minimum absolute atomic E-state index is 0.0398. The second-order valence-electron chi connectivity index (χ2n) is 4.17. The van der Waals surface area contributed by atoms with Crippen molar-refractivity contribution in [2.75, 3.05) is 20.3 Å². The number of hydrogen-bond acceptors (Lipinski definition) is 5. The Morgan fingerprint density at radius 1 is 1.00 bits per heavy atom. The minimum atomic E-state index is -4.53. The molecule has 0 spiro atoms. The highest BCUT2D eigenvalue weighted by molar-refractivity contribution is 5.35. The van der Waals surface area contributed by atoms with E-state index in [4.69, 9.17) is 14.2 Å². The SMILES string of the molecule is COCCOc1cccc(Oc2ccc(C(F)(F)F)nn2)c1. The van der Waals surface area contributed by atoms with Crippen molar-refractivity contribution in [2.45, 2.75) is 6.18 Å². The maximum Gasteiger partial charge on any atom is 0.435 e. The summed E-state index contributed by atoms with van der Waals surface area (Å²) in [7, 11) is 1.56. The summed E-state index contributed by atoms with van der Waals surface area (Å²) < 4.78 is 52.7. The summed E-state index contributed by atoms with van der Waals surface area (Å²) >= 11 is 0. The summed E-state index contributed by atoms with van der Waals surface area (Å²) in [5, 5.41) is 6.47. The Morgan fingerprint density at radius 2 is 1.77 bits per heavy atom. The Hall–Kier alpha value is -2.35. The van der Waals surface area contributed by atoms with Gasteiger partial charge in [0.1, 0.15) is 18.1 Å². The van der Waals surface area contributed by atoms with Crippen LogP contribution >= 0.6 is 0 Å². The van der Waals surface area contributed by atoms with Gasteiger partial charge in [0.05, 0.1) is 6.61 Å². The van der Waals surface area contributed by atoms with E-state index in [0.29, 0.717) is 24.7 Å². The fraction of sp³-hybridized carbons (Fsp3) is 0.286. The number of ether oxygens (including phenoxy) is 3. The summed E-state index contributed by atoms with van der Waals surface area (Å²) in [6.45, 7) is 0.815. The number of rotatable bonds is 6.